The second kappa shape index (κ2) is 6.83. The molecule has 0 unspecified atom stereocenters. The van der Waals surface area contributed by atoms with Gasteiger partial charge in [0.05, 0.1) is 22.7 Å². The van der Waals surface area contributed by atoms with Gasteiger partial charge in [0.25, 0.3) is 5.56 Å². The molecule has 7 heteroatoms. The fourth-order valence-corrected chi connectivity index (χ4v) is 3.12. The smallest absolute Gasteiger partial charge is 0.338 e. The van der Waals surface area contributed by atoms with E-state index in [-0.39, 0.29) is 23.6 Å². The van der Waals surface area contributed by atoms with Crippen molar-refractivity contribution < 1.29 is 19.0 Å². The van der Waals surface area contributed by atoms with Gasteiger partial charge in [-0.15, -0.1) is 0 Å². The minimum atomic E-state index is -1.32. The molecule has 2 N–H and O–H groups in total. The first-order valence-electron chi connectivity index (χ1n) is 8.71. The second-order valence-corrected chi connectivity index (χ2v) is 6.67. The van der Waals surface area contributed by atoms with E-state index in [2.05, 4.69) is 10.2 Å². The van der Waals surface area contributed by atoms with Crippen LogP contribution in [-0.2, 0) is 6.42 Å². The van der Waals surface area contributed by atoms with E-state index in [1.165, 1.54) is 12.1 Å². The van der Waals surface area contributed by atoms with E-state index in [1.54, 1.807) is 24.3 Å². The lowest BCUT2D eigenvalue weighted by molar-refractivity contribution is 0.0692. The van der Waals surface area contributed by atoms with Gasteiger partial charge in [-0.2, -0.15) is 5.10 Å². The summed E-state index contributed by atoms with van der Waals surface area (Å²) in [6, 6.07) is 9.19. The van der Waals surface area contributed by atoms with Crippen molar-refractivity contribution in [3.05, 3.63) is 69.4 Å². The molecule has 0 aliphatic heterocycles. The lowest BCUT2D eigenvalue weighted by Gasteiger charge is -2.26. The summed E-state index contributed by atoms with van der Waals surface area (Å²) in [7, 11) is 0. The summed E-state index contributed by atoms with van der Waals surface area (Å²) in [6.45, 7) is 0. The first-order chi connectivity index (χ1) is 13.0. The van der Waals surface area contributed by atoms with Crippen LogP contribution < -0.4 is 10.3 Å². The van der Waals surface area contributed by atoms with Crippen molar-refractivity contribution in [2.24, 2.45) is 0 Å². The van der Waals surface area contributed by atoms with E-state index in [4.69, 9.17) is 9.84 Å². The molecule has 1 fully saturated rings. The molecule has 0 amide bonds. The standard InChI is InChI=1S/C20H17FN2O4/c21-17-8-11(4-6-15(17)20(25)26)9-18-16-10-13(27-12-2-1-3-12)5-7-14(16)19(24)23-22-18/h4-8,10,12H,1-3,9H2,(H,23,24)(H,25,26). The molecular formula is C20H17FN2O4. The number of halogens is 1. The molecule has 1 aliphatic rings. The molecule has 1 heterocycles. The number of hydrogen-bond acceptors (Lipinski definition) is 4. The average molecular weight is 368 g/mol. The Morgan fingerprint density at radius 3 is 2.70 bits per heavy atom. The van der Waals surface area contributed by atoms with E-state index in [9.17, 15) is 14.0 Å². The number of carboxylic acids is 1. The predicted molar refractivity (Wildman–Crippen MR) is 96.8 cm³/mol. The Kier molecular flexibility index (Phi) is 4.35. The Morgan fingerprint density at radius 1 is 1.22 bits per heavy atom. The number of aromatic nitrogens is 2. The zero-order valence-corrected chi connectivity index (χ0v) is 14.4. The number of H-pyrrole nitrogens is 1. The lowest BCUT2D eigenvalue weighted by Crippen LogP contribution is -2.24. The van der Waals surface area contributed by atoms with Crippen LogP contribution in [0.2, 0.25) is 0 Å². The Hall–Kier alpha value is -3.22. The molecular weight excluding hydrogens is 351 g/mol. The third kappa shape index (κ3) is 3.40. The maximum Gasteiger partial charge on any atom is 0.338 e. The van der Waals surface area contributed by atoms with Crippen LogP contribution in [0.15, 0.2) is 41.2 Å². The van der Waals surface area contributed by atoms with Gasteiger partial charge in [-0.1, -0.05) is 6.07 Å². The molecule has 0 bridgehead atoms. The highest BCUT2D eigenvalue weighted by molar-refractivity contribution is 5.88. The van der Waals surface area contributed by atoms with Crippen LogP contribution in [0.4, 0.5) is 4.39 Å². The van der Waals surface area contributed by atoms with Gasteiger partial charge in [-0.3, -0.25) is 4.79 Å². The Balaban J connectivity index is 1.71. The molecule has 0 saturated heterocycles. The highest BCUT2D eigenvalue weighted by Gasteiger charge is 2.20. The van der Waals surface area contributed by atoms with Crippen LogP contribution in [0.5, 0.6) is 5.75 Å². The van der Waals surface area contributed by atoms with Crippen LogP contribution >= 0.6 is 0 Å². The fraction of sp³-hybridized carbons (Fsp3) is 0.250. The largest absolute Gasteiger partial charge is 0.490 e. The van der Waals surface area contributed by atoms with Crippen molar-refractivity contribution >= 4 is 16.7 Å². The van der Waals surface area contributed by atoms with Crippen LogP contribution in [0.25, 0.3) is 10.8 Å². The quantitative estimate of drug-likeness (QED) is 0.721. The number of fused-ring (bicyclic) bond motifs is 1. The third-order valence-electron chi connectivity index (χ3n) is 4.83. The summed E-state index contributed by atoms with van der Waals surface area (Å²) in [6.07, 6.45) is 3.65. The van der Waals surface area contributed by atoms with Crippen molar-refractivity contribution in [1.82, 2.24) is 10.2 Å². The molecule has 0 atom stereocenters. The monoisotopic (exact) mass is 368 g/mol. The van der Waals surface area contributed by atoms with Crippen molar-refractivity contribution in [3.8, 4) is 5.75 Å². The SMILES string of the molecule is O=C(O)c1ccc(Cc2n[nH]c(=O)c3ccc(OC4CCC4)cc23)cc1F. The zero-order valence-electron chi connectivity index (χ0n) is 14.4. The molecule has 2 aromatic carbocycles. The van der Waals surface area contributed by atoms with Gasteiger partial charge in [0.1, 0.15) is 11.6 Å². The van der Waals surface area contributed by atoms with Crippen LogP contribution in [0.3, 0.4) is 0 Å². The summed E-state index contributed by atoms with van der Waals surface area (Å²) in [4.78, 5) is 23.0. The van der Waals surface area contributed by atoms with E-state index >= 15 is 0 Å². The van der Waals surface area contributed by atoms with Crippen molar-refractivity contribution in [3.63, 3.8) is 0 Å². The first-order valence-corrected chi connectivity index (χ1v) is 8.71. The molecule has 6 nitrogen and oxygen atoms in total. The second-order valence-electron chi connectivity index (χ2n) is 6.67. The van der Waals surface area contributed by atoms with E-state index in [0.29, 0.717) is 27.8 Å². The van der Waals surface area contributed by atoms with Gasteiger partial charge < -0.3 is 9.84 Å². The molecule has 1 saturated carbocycles. The Bertz CT molecular complexity index is 1090. The minimum Gasteiger partial charge on any atom is -0.490 e. The van der Waals surface area contributed by atoms with Gasteiger partial charge in [0.15, 0.2) is 0 Å². The number of aromatic carboxylic acids is 1. The van der Waals surface area contributed by atoms with Crippen molar-refractivity contribution in [1.29, 1.82) is 0 Å². The maximum absolute atomic E-state index is 14.0. The summed E-state index contributed by atoms with van der Waals surface area (Å²) in [5.74, 6) is -1.44. The molecule has 0 spiro atoms. The zero-order chi connectivity index (χ0) is 19.0. The fourth-order valence-electron chi connectivity index (χ4n) is 3.12. The van der Waals surface area contributed by atoms with E-state index < -0.39 is 11.8 Å². The van der Waals surface area contributed by atoms with Crippen molar-refractivity contribution in [2.75, 3.05) is 0 Å². The van der Waals surface area contributed by atoms with E-state index in [1.807, 2.05) is 0 Å². The maximum atomic E-state index is 14.0. The average Bonchev–Trinajstić information content (AvgIpc) is 2.60. The van der Waals surface area contributed by atoms with Gasteiger partial charge >= 0.3 is 5.97 Å². The summed E-state index contributed by atoms with van der Waals surface area (Å²) >= 11 is 0. The number of carboxylic acid groups (broad SMARTS) is 1. The number of nitrogens with zero attached hydrogens (tertiary/aromatic N) is 1. The molecule has 138 valence electrons. The molecule has 3 aromatic rings. The molecule has 0 radical (unpaired) electrons. The lowest BCUT2D eigenvalue weighted by atomic mass is 9.96. The summed E-state index contributed by atoms with van der Waals surface area (Å²) < 4.78 is 19.9. The predicted octanol–water partition coefficient (Wildman–Crippen LogP) is 3.28. The summed E-state index contributed by atoms with van der Waals surface area (Å²) in [5.41, 5.74) is 0.431. The van der Waals surface area contributed by atoms with Crippen LogP contribution in [0, 0.1) is 5.82 Å². The Labute approximate surface area is 153 Å². The number of hydrogen-bond donors (Lipinski definition) is 2. The van der Waals surface area contributed by atoms with Gasteiger partial charge in [-0.25, -0.2) is 14.3 Å². The number of benzene rings is 2. The Morgan fingerprint density at radius 2 is 2.04 bits per heavy atom. The highest BCUT2D eigenvalue weighted by atomic mass is 19.1. The molecule has 4 rings (SSSR count). The number of aromatic amines is 1. The first kappa shape index (κ1) is 17.2. The summed E-state index contributed by atoms with van der Waals surface area (Å²) in [5, 5.41) is 16.6. The minimum absolute atomic E-state index is 0.207. The van der Waals surface area contributed by atoms with Crippen molar-refractivity contribution in [2.45, 2.75) is 31.8 Å². The van der Waals surface area contributed by atoms with Crippen LogP contribution in [-0.4, -0.2) is 27.4 Å². The molecule has 1 aliphatic carbocycles. The number of ether oxygens (including phenoxy) is 1. The van der Waals surface area contributed by atoms with Gasteiger partial charge in [-0.05, 0) is 55.2 Å². The van der Waals surface area contributed by atoms with Gasteiger partial charge in [0, 0.05) is 11.8 Å². The third-order valence-corrected chi connectivity index (χ3v) is 4.83. The van der Waals surface area contributed by atoms with Crippen LogP contribution in [0.1, 0.15) is 40.9 Å². The molecule has 1 aromatic heterocycles. The van der Waals surface area contributed by atoms with E-state index in [0.717, 1.165) is 19.3 Å². The topological polar surface area (TPSA) is 92.3 Å². The normalized spacial score (nSPS) is 14.1. The molecule has 27 heavy (non-hydrogen) atoms. The number of carbonyl (C=O) groups is 1. The number of rotatable bonds is 5. The highest BCUT2D eigenvalue weighted by Crippen LogP contribution is 2.28. The number of nitrogens with one attached hydrogen (secondary N) is 1. The van der Waals surface area contributed by atoms with Gasteiger partial charge in [0.2, 0.25) is 0 Å².